The fourth-order valence-electron chi connectivity index (χ4n) is 3.91. The second-order valence-electron chi connectivity index (χ2n) is 6.71. The molecule has 0 radical (unpaired) electrons. The van der Waals surface area contributed by atoms with Crippen molar-refractivity contribution in [3.63, 3.8) is 0 Å². The molecule has 0 saturated heterocycles. The molecule has 4 heteroatoms. The van der Waals surface area contributed by atoms with Crippen molar-refractivity contribution in [3.8, 4) is 0 Å². The van der Waals surface area contributed by atoms with E-state index in [1.165, 1.54) is 11.1 Å². The summed E-state index contributed by atoms with van der Waals surface area (Å²) in [5.74, 6) is 0.913. The minimum atomic E-state index is 0.183. The molecule has 0 amide bonds. The maximum atomic E-state index is 6.30. The lowest BCUT2D eigenvalue weighted by molar-refractivity contribution is 0.477. The Hall–Kier alpha value is -2.78. The summed E-state index contributed by atoms with van der Waals surface area (Å²) in [5, 5.41) is 4.40. The maximum absolute atomic E-state index is 6.30. The Balaban J connectivity index is 1.69. The number of fused-ring (bicyclic) bond motifs is 3. The monoisotopic (exact) mass is 359 g/mol. The fourth-order valence-corrected chi connectivity index (χ4v) is 4.11. The Bertz CT molecular complexity index is 1070. The van der Waals surface area contributed by atoms with E-state index in [4.69, 9.17) is 16.6 Å². The van der Waals surface area contributed by atoms with E-state index in [2.05, 4.69) is 70.5 Å². The van der Waals surface area contributed by atoms with Crippen LogP contribution in [0, 0.1) is 0 Å². The van der Waals surface area contributed by atoms with Gasteiger partial charge in [-0.3, -0.25) is 0 Å². The first-order valence-corrected chi connectivity index (χ1v) is 9.21. The zero-order valence-corrected chi connectivity index (χ0v) is 14.9. The number of anilines is 1. The van der Waals surface area contributed by atoms with E-state index in [1.54, 1.807) is 0 Å². The molecule has 5 rings (SSSR count). The summed E-state index contributed by atoms with van der Waals surface area (Å²) in [6.07, 6.45) is 0.942. The van der Waals surface area contributed by atoms with Crippen LogP contribution in [0.3, 0.4) is 0 Å². The zero-order valence-electron chi connectivity index (χ0n) is 14.1. The van der Waals surface area contributed by atoms with Crippen LogP contribution in [0.2, 0.25) is 5.02 Å². The third-order valence-corrected chi connectivity index (χ3v) is 5.34. The van der Waals surface area contributed by atoms with Gasteiger partial charge in [-0.25, -0.2) is 4.98 Å². The van der Waals surface area contributed by atoms with Gasteiger partial charge in [-0.05, 0) is 41.8 Å². The maximum Gasteiger partial charge on any atom is 0.204 e. The Morgan fingerprint density at radius 2 is 1.65 bits per heavy atom. The molecule has 1 aliphatic rings. The Morgan fingerprint density at radius 3 is 2.50 bits per heavy atom. The third-order valence-electron chi connectivity index (χ3n) is 5.11. The van der Waals surface area contributed by atoms with Gasteiger partial charge >= 0.3 is 0 Å². The number of hydrogen-bond donors (Lipinski definition) is 1. The SMILES string of the molecule is Clc1cccc([C@@H]2C[C@H](c3ccccc3)Nc3nc4ccccc4n32)c1. The highest BCUT2D eigenvalue weighted by Gasteiger charge is 2.30. The molecule has 4 aromatic rings. The molecule has 0 spiro atoms. The molecule has 0 unspecified atom stereocenters. The fraction of sp³-hybridized carbons (Fsp3) is 0.136. The molecule has 1 N–H and O–H groups in total. The molecule has 0 saturated carbocycles. The van der Waals surface area contributed by atoms with Gasteiger partial charge in [0.05, 0.1) is 23.1 Å². The molecule has 2 atom stereocenters. The van der Waals surface area contributed by atoms with Gasteiger partial charge in [0.15, 0.2) is 0 Å². The van der Waals surface area contributed by atoms with E-state index >= 15 is 0 Å². The van der Waals surface area contributed by atoms with Crippen molar-refractivity contribution in [2.75, 3.05) is 5.32 Å². The molecule has 128 valence electrons. The first-order chi connectivity index (χ1) is 12.8. The number of hydrogen-bond acceptors (Lipinski definition) is 2. The minimum absolute atomic E-state index is 0.183. The third kappa shape index (κ3) is 2.56. The Kier molecular flexibility index (Phi) is 3.68. The average Bonchev–Trinajstić information content (AvgIpc) is 3.06. The molecule has 3 nitrogen and oxygen atoms in total. The van der Waals surface area contributed by atoms with Crippen molar-refractivity contribution >= 4 is 28.6 Å². The molecule has 0 bridgehead atoms. The van der Waals surface area contributed by atoms with Crippen LogP contribution in [0.15, 0.2) is 78.9 Å². The lowest BCUT2D eigenvalue weighted by Crippen LogP contribution is -2.27. The van der Waals surface area contributed by atoms with Crippen LogP contribution in [0.4, 0.5) is 5.95 Å². The molecule has 0 fully saturated rings. The quantitative estimate of drug-likeness (QED) is 0.487. The second-order valence-corrected chi connectivity index (χ2v) is 7.14. The topological polar surface area (TPSA) is 29.9 Å². The van der Waals surface area contributed by atoms with Gasteiger partial charge in [-0.15, -0.1) is 0 Å². The standard InChI is InChI=1S/C22H18ClN3/c23-17-10-6-9-16(13-17)21-14-19(15-7-2-1-3-8-15)25-22-24-18-11-4-5-12-20(18)26(21)22/h1-13,19,21H,14H2,(H,24,25)/t19-,21+/m1/s1. The lowest BCUT2D eigenvalue weighted by atomic mass is 9.93. The van der Waals surface area contributed by atoms with Crippen molar-refractivity contribution in [2.24, 2.45) is 0 Å². The summed E-state index contributed by atoms with van der Waals surface area (Å²) >= 11 is 6.30. The molecule has 26 heavy (non-hydrogen) atoms. The number of para-hydroxylation sites is 2. The number of aromatic nitrogens is 2. The van der Waals surface area contributed by atoms with Crippen LogP contribution in [0.1, 0.15) is 29.6 Å². The summed E-state index contributed by atoms with van der Waals surface area (Å²) in [4.78, 5) is 4.85. The highest BCUT2D eigenvalue weighted by molar-refractivity contribution is 6.30. The van der Waals surface area contributed by atoms with E-state index in [-0.39, 0.29) is 12.1 Å². The molecule has 3 aromatic carbocycles. The van der Waals surface area contributed by atoms with Crippen molar-refractivity contribution in [3.05, 3.63) is 95.0 Å². The zero-order chi connectivity index (χ0) is 17.5. The number of nitrogens with zero attached hydrogens (tertiary/aromatic N) is 2. The van der Waals surface area contributed by atoms with Gasteiger partial charge in [0, 0.05) is 5.02 Å². The smallest absolute Gasteiger partial charge is 0.204 e. The van der Waals surface area contributed by atoms with E-state index in [1.807, 2.05) is 18.2 Å². The highest BCUT2D eigenvalue weighted by atomic mass is 35.5. The number of rotatable bonds is 2. The van der Waals surface area contributed by atoms with Crippen molar-refractivity contribution in [2.45, 2.75) is 18.5 Å². The van der Waals surface area contributed by atoms with Gasteiger partial charge in [0.2, 0.25) is 5.95 Å². The normalized spacial score (nSPS) is 19.1. The molecule has 0 aliphatic carbocycles. The van der Waals surface area contributed by atoms with Gasteiger partial charge < -0.3 is 9.88 Å². The molecule has 1 aromatic heterocycles. The highest BCUT2D eigenvalue weighted by Crippen LogP contribution is 2.41. The summed E-state index contributed by atoms with van der Waals surface area (Å²) < 4.78 is 2.31. The summed E-state index contributed by atoms with van der Waals surface area (Å²) in [5.41, 5.74) is 4.64. The van der Waals surface area contributed by atoms with Crippen LogP contribution in [-0.2, 0) is 0 Å². The largest absolute Gasteiger partial charge is 0.349 e. The van der Waals surface area contributed by atoms with Crippen molar-refractivity contribution in [1.29, 1.82) is 0 Å². The van der Waals surface area contributed by atoms with Crippen molar-refractivity contribution in [1.82, 2.24) is 9.55 Å². The molecular weight excluding hydrogens is 342 g/mol. The van der Waals surface area contributed by atoms with Crippen LogP contribution in [0.25, 0.3) is 11.0 Å². The van der Waals surface area contributed by atoms with Gasteiger partial charge in [0.25, 0.3) is 0 Å². The van der Waals surface area contributed by atoms with Gasteiger partial charge in [-0.1, -0.05) is 66.2 Å². The van der Waals surface area contributed by atoms with Crippen LogP contribution in [0.5, 0.6) is 0 Å². The second kappa shape index (κ2) is 6.19. The summed E-state index contributed by atoms with van der Waals surface area (Å²) in [6, 6.07) is 27.4. The number of benzene rings is 3. The average molecular weight is 360 g/mol. The first kappa shape index (κ1) is 15.5. The summed E-state index contributed by atoms with van der Waals surface area (Å²) in [6.45, 7) is 0. The minimum Gasteiger partial charge on any atom is -0.349 e. The van der Waals surface area contributed by atoms with Crippen LogP contribution >= 0.6 is 11.6 Å². The predicted octanol–water partition coefficient (Wildman–Crippen LogP) is 5.84. The van der Waals surface area contributed by atoms with Crippen LogP contribution in [-0.4, -0.2) is 9.55 Å². The Labute approximate surface area is 157 Å². The number of nitrogens with one attached hydrogen (secondary N) is 1. The van der Waals surface area contributed by atoms with E-state index < -0.39 is 0 Å². The number of imidazole rings is 1. The van der Waals surface area contributed by atoms with E-state index in [0.29, 0.717) is 0 Å². The van der Waals surface area contributed by atoms with Gasteiger partial charge in [-0.2, -0.15) is 0 Å². The number of halogens is 1. The Morgan fingerprint density at radius 1 is 0.885 bits per heavy atom. The lowest BCUT2D eigenvalue weighted by Gasteiger charge is -2.33. The summed E-state index contributed by atoms with van der Waals surface area (Å²) in [7, 11) is 0. The predicted molar refractivity (Wildman–Crippen MR) is 107 cm³/mol. The van der Waals surface area contributed by atoms with E-state index in [9.17, 15) is 0 Å². The molecule has 1 aliphatic heterocycles. The molecule has 2 heterocycles. The van der Waals surface area contributed by atoms with Gasteiger partial charge in [0.1, 0.15) is 0 Å². The van der Waals surface area contributed by atoms with Crippen molar-refractivity contribution < 1.29 is 0 Å². The first-order valence-electron chi connectivity index (χ1n) is 8.83. The van der Waals surface area contributed by atoms with Crippen LogP contribution < -0.4 is 5.32 Å². The van der Waals surface area contributed by atoms with E-state index in [0.717, 1.165) is 28.4 Å². The molecular formula is C22H18ClN3.